The molecular weight excluding hydrogens is 316 g/mol. The minimum Gasteiger partial charge on any atom is -0.368 e. The van der Waals surface area contributed by atoms with Crippen molar-refractivity contribution in [3.05, 3.63) is 48.3 Å². The molecule has 1 unspecified atom stereocenters. The van der Waals surface area contributed by atoms with E-state index in [1.165, 1.54) is 12.5 Å². The summed E-state index contributed by atoms with van der Waals surface area (Å²) in [6.45, 7) is 5.41. The number of nitrogens with one attached hydrogen (secondary N) is 3. The third-order valence-corrected chi connectivity index (χ3v) is 4.18. The van der Waals surface area contributed by atoms with Crippen molar-refractivity contribution in [3.8, 4) is 0 Å². The number of piperazine rings is 1. The van der Waals surface area contributed by atoms with Crippen molar-refractivity contribution in [2.45, 2.75) is 13.0 Å². The highest BCUT2D eigenvalue weighted by Crippen LogP contribution is 2.27. The molecule has 1 atom stereocenters. The van der Waals surface area contributed by atoms with Crippen LogP contribution in [-0.4, -0.2) is 48.6 Å². The van der Waals surface area contributed by atoms with Crippen LogP contribution in [0, 0.1) is 0 Å². The second-order valence-corrected chi connectivity index (χ2v) is 6.00. The molecule has 1 saturated heterocycles. The first-order valence-electron chi connectivity index (χ1n) is 8.56. The Kier molecular flexibility index (Phi) is 5.79. The predicted octanol–water partition coefficient (Wildman–Crippen LogP) is 1.18. The lowest BCUT2D eigenvalue weighted by molar-refractivity contribution is -0.118. The Bertz CT molecular complexity index is 693. The maximum absolute atomic E-state index is 10.9. The van der Waals surface area contributed by atoms with Gasteiger partial charge in [-0.25, -0.2) is 9.97 Å². The Morgan fingerprint density at radius 1 is 1.28 bits per heavy atom. The van der Waals surface area contributed by atoms with Crippen LogP contribution in [0.15, 0.2) is 42.7 Å². The van der Waals surface area contributed by atoms with Crippen molar-refractivity contribution in [1.29, 1.82) is 0 Å². The van der Waals surface area contributed by atoms with Gasteiger partial charge in [0.2, 0.25) is 5.91 Å². The summed E-state index contributed by atoms with van der Waals surface area (Å²) < 4.78 is 0. The fourth-order valence-corrected chi connectivity index (χ4v) is 2.98. The second-order valence-electron chi connectivity index (χ2n) is 6.00. The lowest BCUT2D eigenvalue weighted by Gasteiger charge is -2.37. The molecule has 1 amide bonds. The Morgan fingerprint density at radius 3 is 2.92 bits per heavy atom. The van der Waals surface area contributed by atoms with Crippen molar-refractivity contribution < 1.29 is 4.79 Å². The van der Waals surface area contributed by atoms with E-state index < -0.39 is 0 Å². The third kappa shape index (κ3) is 4.67. The van der Waals surface area contributed by atoms with E-state index in [-0.39, 0.29) is 11.9 Å². The quantitative estimate of drug-likeness (QED) is 0.685. The molecule has 1 aromatic heterocycles. The van der Waals surface area contributed by atoms with Crippen LogP contribution >= 0.6 is 0 Å². The molecule has 25 heavy (non-hydrogen) atoms. The zero-order valence-corrected chi connectivity index (χ0v) is 14.4. The van der Waals surface area contributed by atoms with Gasteiger partial charge in [0.05, 0.1) is 6.04 Å². The summed E-state index contributed by atoms with van der Waals surface area (Å²) in [6, 6.07) is 12.7. The molecule has 3 N–H and O–H groups in total. The molecule has 0 spiro atoms. The normalized spacial score (nSPS) is 17.2. The van der Waals surface area contributed by atoms with E-state index in [9.17, 15) is 4.79 Å². The van der Waals surface area contributed by atoms with E-state index in [0.29, 0.717) is 13.1 Å². The average molecular weight is 340 g/mol. The first-order valence-corrected chi connectivity index (χ1v) is 8.56. The molecule has 0 saturated carbocycles. The van der Waals surface area contributed by atoms with Gasteiger partial charge in [-0.1, -0.05) is 30.3 Å². The largest absolute Gasteiger partial charge is 0.368 e. The van der Waals surface area contributed by atoms with Crippen molar-refractivity contribution in [3.63, 3.8) is 0 Å². The van der Waals surface area contributed by atoms with Gasteiger partial charge in [-0.15, -0.1) is 0 Å². The number of hydrogen-bond acceptors (Lipinski definition) is 6. The lowest BCUT2D eigenvalue weighted by Crippen LogP contribution is -2.46. The minimum atomic E-state index is -0.0308. The number of nitrogens with zero attached hydrogens (tertiary/aromatic N) is 3. The maximum Gasteiger partial charge on any atom is 0.216 e. The Balaban J connectivity index is 1.71. The number of anilines is 2. The highest BCUT2D eigenvalue weighted by atomic mass is 16.1. The molecule has 0 radical (unpaired) electrons. The number of aromatic nitrogens is 2. The van der Waals surface area contributed by atoms with Gasteiger partial charge < -0.3 is 20.9 Å². The van der Waals surface area contributed by atoms with Gasteiger partial charge in [-0.05, 0) is 5.56 Å². The third-order valence-electron chi connectivity index (χ3n) is 4.18. The van der Waals surface area contributed by atoms with Crippen molar-refractivity contribution in [1.82, 2.24) is 20.6 Å². The molecule has 7 nitrogen and oxygen atoms in total. The van der Waals surface area contributed by atoms with Crippen molar-refractivity contribution in [2.24, 2.45) is 0 Å². The van der Waals surface area contributed by atoms with Crippen LogP contribution in [0.5, 0.6) is 0 Å². The number of hydrogen-bond donors (Lipinski definition) is 3. The van der Waals surface area contributed by atoms with Crippen molar-refractivity contribution >= 4 is 17.5 Å². The number of carbonyl (C=O) groups excluding carboxylic acids is 1. The first kappa shape index (κ1) is 17.2. The number of carbonyl (C=O) groups is 1. The van der Waals surface area contributed by atoms with Gasteiger partial charge in [0.1, 0.15) is 18.0 Å². The van der Waals surface area contributed by atoms with E-state index in [4.69, 9.17) is 0 Å². The topological polar surface area (TPSA) is 82.2 Å². The maximum atomic E-state index is 10.9. The lowest BCUT2D eigenvalue weighted by atomic mass is 10.0. The van der Waals surface area contributed by atoms with E-state index in [0.717, 1.165) is 31.3 Å². The van der Waals surface area contributed by atoms with Crippen LogP contribution in [0.25, 0.3) is 0 Å². The molecule has 2 heterocycles. The van der Waals surface area contributed by atoms with Crippen molar-refractivity contribution in [2.75, 3.05) is 42.9 Å². The molecule has 1 fully saturated rings. The molecule has 1 aliphatic rings. The zero-order valence-electron chi connectivity index (χ0n) is 14.4. The minimum absolute atomic E-state index is 0.0308. The summed E-state index contributed by atoms with van der Waals surface area (Å²) in [5.74, 6) is 1.64. The summed E-state index contributed by atoms with van der Waals surface area (Å²) in [4.78, 5) is 22.0. The summed E-state index contributed by atoms with van der Waals surface area (Å²) in [6.07, 6.45) is 1.58. The molecule has 0 aliphatic carbocycles. The van der Waals surface area contributed by atoms with E-state index >= 15 is 0 Å². The van der Waals surface area contributed by atoms with Gasteiger partial charge in [0, 0.05) is 45.7 Å². The Labute approximate surface area is 147 Å². The average Bonchev–Trinajstić information content (AvgIpc) is 2.66. The molecule has 0 bridgehead atoms. The summed E-state index contributed by atoms with van der Waals surface area (Å²) in [5, 5.41) is 9.44. The Hall–Kier alpha value is -2.67. The molecule has 3 rings (SSSR count). The summed E-state index contributed by atoms with van der Waals surface area (Å²) in [5.41, 5.74) is 1.27. The van der Waals surface area contributed by atoms with Gasteiger partial charge >= 0.3 is 0 Å². The second kappa shape index (κ2) is 8.43. The van der Waals surface area contributed by atoms with Gasteiger partial charge in [-0.2, -0.15) is 0 Å². The number of benzene rings is 1. The van der Waals surface area contributed by atoms with Crippen LogP contribution in [0.4, 0.5) is 11.6 Å². The molecule has 132 valence electrons. The smallest absolute Gasteiger partial charge is 0.216 e. The molecule has 2 aromatic rings. The molecule has 1 aliphatic heterocycles. The van der Waals surface area contributed by atoms with Crippen LogP contribution < -0.4 is 20.9 Å². The zero-order chi connectivity index (χ0) is 17.5. The summed E-state index contributed by atoms with van der Waals surface area (Å²) >= 11 is 0. The predicted molar refractivity (Wildman–Crippen MR) is 98.6 cm³/mol. The van der Waals surface area contributed by atoms with Gasteiger partial charge in [0.25, 0.3) is 0 Å². The van der Waals surface area contributed by atoms with E-state index in [1.807, 2.05) is 12.1 Å². The van der Waals surface area contributed by atoms with Crippen LogP contribution in [0.2, 0.25) is 0 Å². The SMILES string of the molecule is CC(=O)NCCNc1cc(N2CCNCC2c2ccccc2)ncn1. The highest BCUT2D eigenvalue weighted by Gasteiger charge is 2.25. The fraction of sp³-hybridized carbons (Fsp3) is 0.389. The van der Waals surface area contributed by atoms with Gasteiger partial charge in [-0.3, -0.25) is 4.79 Å². The monoisotopic (exact) mass is 340 g/mol. The Morgan fingerprint density at radius 2 is 2.12 bits per heavy atom. The first-order chi connectivity index (χ1) is 12.2. The molecule has 1 aromatic carbocycles. The number of amides is 1. The molecular formula is C18H24N6O. The number of rotatable bonds is 6. The van der Waals surface area contributed by atoms with Crippen LogP contribution in [0.1, 0.15) is 18.5 Å². The van der Waals surface area contributed by atoms with E-state index in [2.05, 4.69) is 55.1 Å². The summed E-state index contributed by atoms with van der Waals surface area (Å²) in [7, 11) is 0. The van der Waals surface area contributed by atoms with Gasteiger partial charge in [0.15, 0.2) is 0 Å². The highest BCUT2D eigenvalue weighted by molar-refractivity contribution is 5.72. The van der Waals surface area contributed by atoms with Crippen LogP contribution in [0.3, 0.4) is 0 Å². The van der Waals surface area contributed by atoms with Crippen LogP contribution in [-0.2, 0) is 4.79 Å². The standard InChI is InChI=1S/C18H24N6O/c1-14(25)20-7-8-21-17-11-18(23-13-22-17)24-10-9-19-12-16(24)15-5-3-2-4-6-15/h2-6,11,13,16,19H,7-10,12H2,1H3,(H,20,25)(H,21,22,23). The van der Waals surface area contributed by atoms with E-state index in [1.54, 1.807) is 6.33 Å². The molecule has 7 heteroatoms. The fourth-order valence-electron chi connectivity index (χ4n) is 2.98.